The van der Waals surface area contributed by atoms with E-state index in [0.29, 0.717) is 13.1 Å². The minimum Gasteiger partial charge on any atom is -0.314 e. The summed E-state index contributed by atoms with van der Waals surface area (Å²) >= 11 is 0. The lowest BCUT2D eigenvalue weighted by Crippen LogP contribution is -2.48. The summed E-state index contributed by atoms with van der Waals surface area (Å²) in [5.74, 6) is 2.14. The summed E-state index contributed by atoms with van der Waals surface area (Å²) in [4.78, 5) is 2.27. The molecule has 0 bridgehead atoms. The zero-order valence-electron chi connectivity index (χ0n) is 12.5. The van der Waals surface area contributed by atoms with Gasteiger partial charge in [0, 0.05) is 39.1 Å². The molecular formula is C13H23N5O2S. The number of aryl methyl sites for hydroxylation is 1. The van der Waals surface area contributed by atoms with E-state index in [1.54, 1.807) is 4.31 Å². The molecule has 1 aromatic heterocycles. The minimum atomic E-state index is -3.06. The van der Waals surface area contributed by atoms with Crippen molar-refractivity contribution in [2.24, 2.45) is 0 Å². The predicted octanol–water partition coefficient (Wildman–Crippen LogP) is 0.0817. The molecule has 2 aliphatic heterocycles. The van der Waals surface area contributed by atoms with Crippen molar-refractivity contribution >= 4 is 10.0 Å². The Morgan fingerprint density at radius 1 is 1.00 bits per heavy atom. The first-order valence-corrected chi connectivity index (χ1v) is 9.47. The average Bonchev–Trinajstić information content (AvgIpc) is 2.68. The van der Waals surface area contributed by atoms with Crippen LogP contribution >= 0.6 is 0 Å². The molecule has 7 nitrogen and oxygen atoms in total. The summed E-state index contributed by atoms with van der Waals surface area (Å²) in [6, 6.07) is 0. The van der Waals surface area contributed by atoms with Gasteiger partial charge in [-0.15, -0.1) is 10.2 Å². The van der Waals surface area contributed by atoms with Crippen molar-refractivity contribution < 1.29 is 8.42 Å². The molecule has 1 saturated heterocycles. The van der Waals surface area contributed by atoms with E-state index in [1.807, 2.05) is 0 Å². The van der Waals surface area contributed by atoms with E-state index in [-0.39, 0.29) is 0 Å². The van der Waals surface area contributed by atoms with Crippen molar-refractivity contribution in [3.8, 4) is 0 Å². The zero-order chi connectivity index (χ0) is 14.9. The molecular weight excluding hydrogens is 290 g/mol. The number of sulfonamides is 1. The van der Waals surface area contributed by atoms with E-state index in [2.05, 4.69) is 19.7 Å². The monoisotopic (exact) mass is 313 g/mol. The van der Waals surface area contributed by atoms with Gasteiger partial charge in [-0.25, -0.2) is 8.42 Å². The molecule has 8 heteroatoms. The Labute approximate surface area is 126 Å². The first-order valence-electron chi connectivity index (χ1n) is 7.62. The van der Waals surface area contributed by atoms with Gasteiger partial charge in [0.15, 0.2) is 0 Å². The van der Waals surface area contributed by atoms with Crippen molar-refractivity contribution in [1.82, 2.24) is 24.0 Å². The van der Waals surface area contributed by atoms with Crippen LogP contribution in [0, 0.1) is 0 Å². The molecule has 1 fully saturated rings. The Balaban J connectivity index is 1.62. The van der Waals surface area contributed by atoms with Gasteiger partial charge < -0.3 is 4.57 Å². The third-order valence-corrected chi connectivity index (χ3v) is 5.65. The number of aromatic nitrogens is 3. The Bertz CT molecular complexity index is 590. The summed E-state index contributed by atoms with van der Waals surface area (Å²) in [5, 5.41) is 8.66. The second-order valence-electron chi connectivity index (χ2n) is 5.93. The van der Waals surface area contributed by atoms with E-state index in [1.165, 1.54) is 25.5 Å². The smallest absolute Gasteiger partial charge is 0.211 e. The van der Waals surface area contributed by atoms with Crippen molar-refractivity contribution in [2.75, 3.05) is 32.4 Å². The van der Waals surface area contributed by atoms with E-state index < -0.39 is 10.0 Å². The normalized spacial score (nSPS) is 22.0. The highest BCUT2D eigenvalue weighted by molar-refractivity contribution is 7.88. The highest BCUT2D eigenvalue weighted by Gasteiger charge is 2.25. The Kier molecular flexibility index (Phi) is 4.28. The van der Waals surface area contributed by atoms with Crippen LogP contribution in [0.1, 0.15) is 30.9 Å². The molecule has 0 radical (unpaired) electrons. The molecule has 3 rings (SSSR count). The first kappa shape index (κ1) is 14.9. The van der Waals surface area contributed by atoms with Crippen LogP contribution in [0.2, 0.25) is 0 Å². The van der Waals surface area contributed by atoms with Crippen LogP contribution in [0.3, 0.4) is 0 Å². The third-order valence-electron chi connectivity index (χ3n) is 4.35. The molecule has 0 N–H and O–H groups in total. The van der Waals surface area contributed by atoms with Gasteiger partial charge in [-0.1, -0.05) is 6.42 Å². The second-order valence-corrected chi connectivity index (χ2v) is 7.92. The fourth-order valence-corrected chi connectivity index (χ4v) is 3.91. The molecule has 21 heavy (non-hydrogen) atoms. The number of hydrogen-bond acceptors (Lipinski definition) is 5. The van der Waals surface area contributed by atoms with Crippen LogP contribution in [0.15, 0.2) is 0 Å². The molecule has 118 valence electrons. The Hall–Kier alpha value is -0.990. The first-order chi connectivity index (χ1) is 10.0. The van der Waals surface area contributed by atoms with Crippen LogP contribution in [0.5, 0.6) is 0 Å². The van der Waals surface area contributed by atoms with Crippen molar-refractivity contribution in [3.05, 3.63) is 11.6 Å². The molecule has 2 aliphatic rings. The van der Waals surface area contributed by atoms with Crippen LogP contribution < -0.4 is 0 Å². The molecule has 0 unspecified atom stereocenters. The maximum absolute atomic E-state index is 11.5. The van der Waals surface area contributed by atoms with Gasteiger partial charge in [0.1, 0.15) is 11.6 Å². The number of fused-ring (bicyclic) bond motifs is 1. The third kappa shape index (κ3) is 3.44. The topological polar surface area (TPSA) is 71.3 Å². The van der Waals surface area contributed by atoms with E-state index in [9.17, 15) is 8.42 Å². The molecule has 0 atom stereocenters. The van der Waals surface area contributed by atoms with Gasteiger partial charge in [0.2, 0.25) is 10.0 Å². The summed E-state index contributed by atoms with van der Waals surface area (Å²) < 4.78 is 26.9. The van der Waals surface area contributed by atoms with Gasteiger partial charge in [-0.2, -0.15) is 4.31 Å². The maximum atomic E-state index is 11.5. The van der Waals surface area contributed by atoms with Crippen LogP contribution in [-0.4, -0.2) is 64.8 Å². The van der Waals surface area contributed by atoms with E-state index in [4.69, 9.17) is 0 Å². The summed E-state index contributed by atoms with van der Waals surface area (Å²) in [5.41, 5.74) is 0. The quantitative estimate of drug-likeness (QED) is 0.790. The molecule has 0 aromatic carbocycles. The summed E-state index contributed by atoms with van der Waals surface area (Å²) in [6.45, 7) is 4.44. The fourth-order valence-electron chi connectivity index (χ4n) is 3.08. The van der Waals surface area contributed by atoms with Gasteiger partial charge in [-0.05, 0) is 12.8 Å². The number of rotatable bonds is 3. The SMILES string of the molecule is CS(=O)(=O)N1CCN(Cc2nnc3n2CCCCC3)CC1. The van der Waals surface area contributed by atoms with Crippen LogP contribution in [0.25, 0.3) is 0 Å². The second kappa shape index (κ2) is 6.02. The Morgan fingerprint density at radius 2 is 1.76 bits per heavy atom. The van der Waals surface area contributed by atoms with Crippen molar-refractivity contribution in [2.45, 2.75) is 38.8 Å². The number of hydrogen-bond donors (Lipinski definition) is 0. The number of piperazine rings is 1. The zero-order valence-corrected chi connectivity index (χ0v) is 13.3. The summed E-state index contributed by atoms with van der Waals surface area (Å²) in [7, 11) is -3.06. The highest BCUT2D eigenvalue weighted by Crippen LogP contribution is 2.16. The minimum absolute atomic E-state index is 0.569. The highest BCUT2D eigenvalue weighted by atomic mass is 32.2. The largest absolute Gasteiger partial charge is 0.314 e. The standard InChI is InChI=1S/C13H23N5O2S/c1-21(19,20)17-9-7-16(8-10-17)11-13-15-14-12-5-3-2-4-6-18(12)13/h2-11H2,1H3. The van der Waals surface area contributed by atoms with E-state index >= 15 is 0 Å². The lowest BCUT2D eigenvalue weighted by Gasteiger charge is -2.32. The van der Waals surface area contributed by atoms with Gasteiger partial charge in [0.05, 0.1) is 12.8 Å². The average molecular weight is 313 g/mol. The molecule has 3 heterocycles. The number of nitrogens with zero attached hydrogens (tertiary/aromatic N) is 5. The van der Waals surface area contributed by atoms with Crippen molar-refractivity contribution in [1.29, 1.82) is 0 Å². The van der Waals surface area contributed by atoms with Crippen molar-refractivity contribution in [3.63, 3.8) is 0 Å². The van der Waals surface area contributed by atoms with Gasteiger partial charge in [0.25, 0.3) is 0 Å². The lowest BCUT2D eigenvalue weighted by atomic mass is 10.2. The predicted molar refractivity (Wildman–Crippen MR) is 79.3 cm³/mol. The van der Waals surface area contributed by atoms with Crippen LogP contribution in [0.4, 0.5) is 0 Å². The molecule has 0 amide bonds. The molecule has 0 spiro atoms. The molecule has 0 saturated carbocycles. The fraction of sp³-hybridized carbons (Fsp3) is 0.846. The molecule has 1 aromatic rings. The maximum Gasteiger partial charge on any atom is 0.211 e. The molecule has 0 aliphatic carbocycles. The van der Waals surface area contributed by atoms with Gasteiger partial charge >= 0.3 is 0 Å². The summed E-state index contributed by atoms with van der Waals surface area (Å²) in [6.07, 6.45) is 5.96. The lowest BCUT2D eigenvalue weighted by molar-refractivity contribution is 0.176. The van der Waals surface area contributed by atoms with Crippen LogP contribution in [-0.2, 0) is 29.5 Å². The van der Waals surface area contributed by atoms with Gasteiger partial charge in [-0.3, -0.25) is 4.90 Å². The Morgan fingerprint density at radius 3 is 2.48 bits per heavy atom. The van der Waals surface area contributed by atoms with E-state index in [0.717, 1.165) is 44.2 Å².